The number of ether oxygens (including phenoxy) is 6. The van der Waals surface area contributed by atoms with Gasteiger partial charge in [0.05, 0.1) is 13.0 Å². The first-order chi connectivity index (χ1) is 23.1. The number of aromatic nitrogens is 1. The van der Waals surface area contributed by atoms with Crippen molar-refractivity contribution in [3.63, 3.8) is 0 Å². The molecular weight excluding hydrogens is 620 g/mol. The van der Waals surface area contributed by atoms with Gasteiger partial charge in [0, 0.05) is 17.8 Å². The molecule has 0 unspecified atom stereocenters. The minimum atomic E-state index is -1.43. The number of allylic oxidation sites excluding steroid dienone is 1. The Kier molecular flexibility index (Phi) is 12.5. The highest BCUT2D eigenvalue weighted by Gasteiger charge is 2.42. The van der Waals surface area contributed by atoms with Crippen LogP contribution in [0.2, 0.25) is 0 Å². The number of esters is 3. The monoisotopic (exact) mass is 660 g/mol. The molecule has 1 fully saturated rings. The Morgan fingerprint density at radius 1 is 1.02 bits per heavy atom. The number of cyclic esters (lactones) is 2. The first kappa shape index (κ1) is 35.5. The molecule has 4 rings (SSSR count). The number of amides is 1. The molecule has 2 aromatic carbocycles. The van der Waals surface area contributed by atoms with Gasteiger partial charge in [0.15, 0.2) is 29.3 Å². The van der Waals surface area contributed by atoms with Crippen LogP contribution in [0, 0.1) is 11.8 Å². The summed E-state index contributed by atoms with van der Waals surface area (Å²) >= 11 is 0. The van der Waals surface area contributed by atoms with Crippen molar-refractivity contribution in [2.45, 2.75) is 52.4 Å². The molecule has 0 bridgehead atoms. The summed E-state index contributed by atoms with van der Waals surface area (Å²) in [4.78, 5) is 57.3. The van der Waals surface area contributed by atoms with Crippen molar-refractivity contribution >= 4 is 29.6 Å². The van der Waals surface area contributed by atoms with Crippen molar-refractivity contribution in [2.75, 3.05) is 20.5 Å². The Balaban J connectivity index is 1.54. The largest absolute Gasteiger partial charge is 0.493 e. The van der Waals surface area contributed by atoms with E-state index in [0.717, 1.165) is 11.1 Å². The quantitative estimate of drug-likeness (QED) is 0.127. The normalized spacial score (nSPS) is 19.9. The third kappa shape index (κ3) is 9.11. The maximum Gasteiger partial charge on any atom is 0.332 e. The van der Waals surface area contributed by atoms with Crippen molar-refractivity contribution in [1.29, 1.82) is 0 Å². The minimum Gasteiger partial charge on any atom is -0.493 e. The van der Waals surface area contributed by atoms with Gasteiger partial charge in [-0.3, -0.25) is 14.4 Å². The van der Waals surface area contributed by atoms with E-state index in [2.05, 4.69) is 10.3 Å². The van der Waals surface area contributed by atoms with Crippen LogP contribution < -0.4 is 14.8 Å². The molecule has 0 radical (unpaired) electrons. The molecule has 1 saturated heterocycles. The van der Waals surface area contributed by atoms with Gasteiger partial charge in [-0.05, 0) is 31.9 Å². The van der Waals surface area contributed by atoms with E-state index in [-0.39, 0.29) is 30.4 Å². The van der Waals surface area contributed by atoms with Crippen LogP contribution in [0.25, 0.3) is 5.76 Å². The maximum atomic E-state index is 13.6. The second kappa shape index (κ2) is 17.0. The Labute approximate surface area is 279 Å². The van der Waals surface area contributed by atoms with E-state index >= 15 is 0 Å². The summed E-state index contributed by atoms with van der Waals surface area (Å²) in [6, 6.07) is 18.6. The molecule has 0 spiro atoms. The second-order valence-electron chi connectivity index (χ2n) is 11.3. The second-order valence-corrected chi connectivity index (χ2v) is 11.3. The SMILES string of the molecule is CC=C(OCOc1c(OC)ccnc1C(=O)N[C@H]1COC(=O)[C@H](Cc2ccccc2)[C@@H](OC(=O)C(C)C)[C@H](C)OC1=O)c1ccccc1. The topological polar surface area (TPSA) is 149 Å². The first-order valence-electron chi connectivity index (χ1n) is 15.6. The molecule has 0 aliphatic carbocycles. The van der Waals surface area contributed by atoms with Gasteiger partial charge in [0.25, 0.3) is 5.91 Å². The van der Waals surface area contributed by atoms with Crippen LogP contribution in [0.5, 0.6) is 11.5 Å². The van der Waals surface area contributed by atoms with E-state index in [1.54, 1.807) is 19.9 Å². The fraction of sp³-hybridized carbons (Fsp3) is 0.361. The molecule has 3 aromatic rings. The molecule has 12 nitrogen and oxygen atoms in total. The molecule has 48 heavy (non-hydrogen) atoms. The zero-order valence-electron chi connectivity index (χ0n) is 27.5. The third-order valence-corrected chi connectivity index (χ3v) is 7.51. The molecule has 254 valence electrons. The average Bonchev–Trinajstić information content (AvgIpc) is 3.13. The van der Waals surface area contributed by atoms with E-state index in [1.165, 1.54) is 26.3 Å². The molecule has 2 heterocycles. The van der Waals surface area contributed by atoms with Crippen molar-refractivity contribution in [3.8, 4) is 11.5 Å². The number of nitrogens with zero attached hydrogens (tertiary/aromatic N) is 1. The zero-order chi connectivity index (χ0) is 34.6. The molecule has 12 heteroatoms. The van der Waals surface area contributed by atoms with Crippen LogP contribution in [-0.2, 0) is 39.8 Å². The van der Waals surface area contributed by atoms with Crippen molar-refractivity contribution < 1.29 is 47.6 Å². The molecule has 1 N–H and O–H groups in total. The Bertz CT molecular complexity index is 1590. The number of carbonyl (C=O) groups excluding carboxylic acids is 4. The number of hydrogen-bond acceptors (Lipinski definition) is 11. The van der Waals surface area contributed by atoms with Gasteiger partial charge in [-0.25, -0.2) is 9.78 Å². The van der Waals surface area contributed by atoms with E-state index in [4.69, 9.17) is 28.4 Å². The minimum absolute atomic E-state index is 0.0357. The summed E-state index contributed by atoms with van der Waals surface area (Å²) in [6.45, 7) is 5.81. The van der Waals surface area contributed by atoms with Crippen molar-refractivity contribution in [1.82, 2.24) is 10.3 Å². The lowest BCUT2D eigenvalue weighted by Crippen LogP contribution is -2.47. The number of hydrogen-bond donors (Lipinski definition) is 1. The summed E-state index contributed by atoms with van der Waals surface area (Å²) in [5.74, 6) is -3.80. The van der Waals surface area contributed by atoms with Crippen LogP contribution in [-0.4, -0.2) is 67.6 Å². The number of pyridine rings is 1. The number of nitrogens with one attached hydrogen (secondary N) is 1. The van der Waals surface area contributed by atoms with Gasteiger partial charge in [-0.15, -0.1) is 0 Å². The predicted molar refractivity (Wildman–Crippen MR) is 174 cm³/mol. The average molecular weight is 661 g/mol. The number of carbonyl (C=O) groups is 4. The van der Waals surface area contributed by atoms with Crippen LogP contribution in [0.3, 0.4) is 0 Å². The summed E-state index contributed by atoms with van der Waals surface area (Å²) < 4.78 is 34.0. The summed E-state index contributed by atoms with van der Waals surface area (Å²) in [5, 5.41) is 2.54. The van der Waals surface area contributed by atoms with Crippen molar-refractivity contribution in [2.24, 2.45) is 11.8 Å². The summed E-state index contributed by atoms with van der Waals surface area (Å²) in [7, 11) is 1.40. The predicted octanol–water partition coefficient (Wildman–Crippen LogP) is 4.52. The van der Waals surface area contributed by atoms with E-state index in [9.17, 15) is 19.2 Å². The number of benzene rings is 2. The third-order valence-electron chi connectivity index (χ3n) is 7.51. The van der Waals surface area contributed by atoms with E-state index in [0.29, 0.717) is 5.76 Å². The number of methoxy groups -OCH3 is 1. The van der Waals surface area contributed by atoms with E-state index in [1.807, 2.05) is 67.6 Å². The lowest BCUT2D eigenvalue weighted by atomic mass is 9.91. The lowest BCUT2D eigenvalue weighted by Gasteiger charge is -2.29. The van der Waals surface area contributed by atoms with Gasteiger partial charge in [0.2, 0.25) is 6.79 Å². The van der Waals surface area contributed by atoms with Gasteiger partial charge in [-0.2, -0.15) is 0 Å². The summed E-state index contributed by atoms with van der Waals surface area (Å²) in [5.41, 5.74) is 1.41. The Morgan fingerprint density at radius 2 is 1.71 bits per heavy atom. The molecule has 1 aromatic heterocycles. The fourth-order valence-electron chi connectivity index (χ4n) is 4.96. The number of rotatable bonds is 12. The molecule has 1 amide bonds. The van der Waals surface area contributed by atoms with Gasteiger partial charge < -0.3 is 33.7 Å². The molecular formula is C36H40N2O10. The smallest absolute Gasteiger partial charge is 0.332 e. The highest BCUT2D eigenvalue weighted by molar-refractivity contribution is 5.98. The highest BCUT2D eigenvalue weighted by Crippen LogP contribution is 2.30. The fourth-order valence-corrected chi connectivity index (χ4v) is 4.96. The van der Waals surface area contributed by atoms with Crippen molar-refractivity contribution in [3.05, 3.63) is 95.8 Å². The molecule has 4 atom stereocenters. The first-order valence-corrected chi connectivity index (χ1v) is 15.6. The maximum absolute atomic E-state index is 13.6. The highest BCUT2D eigenvalue weighted by atomic mass is 16.7. The zero-order valence-corrected chi connectivity index (χ0v) is 27.5. The van der Waals surface area contributed by atoms with Crippen LogP contribution in [0.1, 0.15) is 49.3 Å². The van der Waals surface area contributed by atoms with Gasteiger partial charge >= 0.3 is 17.9 Å². The van der Waals surface area contributed by atoms with E-state index < -0.39 is 60.5 Å². The molecule has 1 aliphatic heterocycles. The van der Waals surface area contributed by atoms with Crippen LogP contribution in [0.15, 0.2) is 79.0 Å². The van der Waals surface area contributed by atoms with Crippen LogP contribution >= 0.6 is 0 Å². The summed E-state index contributed by atoms with van der Waals surface area (Å²) in [6.07, 6.45) is 1.06. The molecule has 1 aliphatic rings. The van der Waals surface area contributed by atoms with Crippen LogP contribution in [0.4, 0.5) is 0 Å². The van der Waals surface area contributed by atoms with Gasteiger partial charge in [0.1, 0.15) is 24.4 Å². The Morgan fingerprint density at radius 3 is 2.35 bits per heavy atom. The standard InChI is InChI=1S/C36H40N2O10/c1-6-28(25-15-11-8-12-16-25)45-21-46-32-29(43-5)17-18-37-30(32)33(39)38-27-20-44-35(41)26(19-24-13-9-7-10-14-24)31(23(4)47-36(27)42)48-34(40)22(2)3/h6-18,22-23,26-27,31H,19-21H2,1-5H3,(H,38,39)/t23-,26+,27-,31-/m0/s1. The van der Waals surface area contributed by atoms with Gasteiger partial charge in [-0.1, -0.05) is 74.5 Å². The lowest BCUT2D eigenvalue weighted by molar-refractivity contribution is -0.176. The molecule has 0 saturated carbocycles. The Hall–Kier alpha value is -5.39.